The van der Waals surface area contributed by atoms with Crippen molar-refractivity contribution < 1.29 is 46.7 Å². The average molecular weight is 1520 g/mol. The van der Waals surface area contributed by atoms with Crippen LogP contribution in [0.25, 0.3) is 16.2 Å². The fraction of sp³-hybridized carbons (Fsp3) is 0.306. The van der Waals surface area contributed by atoms with Crippen LogP contribution in [0.2, 0.25) is 39.3 Å². The van der Waals surface area contributed by atoms with E-state index < -0.39 is 34.6 Å². The van der Waals surface area contributed by atoms with Crippen LogP contribution in [0.15, 0.2) is 206 Å². The first kappa shape index (κ1) is 88.3. The van der Waals surface area contributed by atoms with Crippen molar-refractivity contribution >= 4 is 80.4 Å². The first-order valence-corrected chi connectivity index (χ1v) is 41.5. The van der Waals surface area contributed by atoms with E-state index in [9.17, 15) is 24.6 Å². The summed E-state index contributed by atoms with van der Waals surface area (Å²) in [7, 11) is -2.58. The second kappa shape index (κ2) is 39.3. The van der Waals surface area contributed by atoms with Crippen molar-refractivity contribution in [1.82, 2.24) is 19.6 Å². The molecule has 8 N–H and O–H groups in total. The minimum absolute atomic E-state index is 0. The molecule has 0 radical (unpaired) electrons. The summed E-state index contributed by atoms with van der Waals surface area (Å²) in [5, 5.41) is 50.6. The second-order valence-corrected chi connectivity index (χ2v) is 40.7. The van der Waals surface area contributed by atoms with E-state index in [1.165, 1.54) is 50.6 Å². The number of aromatic carboxylic acids is 1. The van der Waals surface area contributed by atoms with Crippen molar-refractivity contribution in [2.45, 2.75) is 157 Å². The molecule has 0 spiro atoms. The van der Waals surface area contributed by atoms with E-state index in [2.05, 4.69) is 163 Å². The van der Waals surface area contributed by atoms with Gasteiger partial charge in [-0.1, -0.05) is 223 Å². The third kappa shape index (κ3) is 27.1. The van der Waals surface area contributed by atoms with Crippen LogP contribution in [-0.4, -0.2) is 99.1 Å². The van der Waals surface area contributed by atoms with Crippen LogP contribution in [0.4, 0.5) is 22.7 Å². The van der Waals surface area contributed by atoms with Gasteiger partial charge in [-0.3, -0.25) is 9.59 Å². The number of aromatic nitrogens is 4. The van der Waals surface area contributed by atoms with Crippen LogP contribution in [0.5, 0.6) is 0 Å². The van der Waals surface area contributed by atoms with E-state index in [1.807, 2.05) is 110 Å². The van der Waals surface area contributed by atoms with Gasteiger partial charge in [-0.15, -0.1) is 0 Å². The molecule has 1 fully saturated rings. The number of aliphatic hydroxyl groups excluding tert-OH is 2. The minimum atomic E-state index is -1.29. The predicted octanol–water partition coefficient (Wildman–Crippen LogP) is 15.5. The predicted molar refractivity (Wildman–Crippen MR) is 431 cm³/mol. The number of amides is 1. The number of nitrogen functional groups attached to an aromatic ring is 1. The number of benzene rings is 8. The van der Waals surface area contributed by atoms with Crippen LogP contribution in [0.1, 0.15) is 175 Å². The number of hydrogen-bond donors (Lipinski definition) is 6. The van der Waals surface area contributed by atoms with Crippen molar-refractivity contribution in [1.29, 1.82) is 5.26 Å². The number of nitrogens with one attached hydrogen (secondary N) is 1. The molecule has 8 aromatic carbocycles. The van der Waals surface area contributed by atoms with Gasteiger partial charge in [-0.05, 0) is 161 Å². The molecule has 546 valence electrons. The minimum Gasteiger partial charge on any atom is -1.00 e. The number of carbonyl (C=O) groups is 3. The van der Waals surface area contributed by atoms with E-state index >= 15 is 0 Å². The summed E-state index contributed by atoms with van der Waals surface area (Å²) in [6.45, 7) is 45.6. The van der Waals surface area contributed by atoms with E-state index in [1.54, 1.807) is 79.7 Å². The monoisotopic (exact) mass is 1520 g/mol. The molecule has 2 atom stereocenters. The Hall–Kier alpha value is -9.07. The summed E-state index contributed by atoms with van der Waals surface area (Å²) < 4.78 is 5.56. The van der Waals surface area contributed by atoms with Crippen molar-refractivity contribution in [2.24, 2.45) is 11.7 Å². The van der Waals surface area contributed by atoms with Crippen molar-refractivity contribution in [3.8, 4) is 17.4 Å². The zero-order valence-electron chi connectivity index (χ0n) is 64.0. The first-order valence-electron chi connectivity index (χ1n) is 34.6. The largest absolute Gasteiger partial charge is 2.00 e. The smallest absolute Gasteiger partial charge is 1.00 e. The number of nitrogens with zero attached hydrogens (tertiary/aromatic N) is 7. The molecule has 2 aromatic heterocycles. The molecular weight excluding hydrogens is 1420 g/mol. The fourth-order valence-corrected chi connectivity index (χ4v) is 21.1. The van der Waals surface area contributed by atoms with E-state index in [0.717, 1.165) is 41.0 Å². The van der Waals surface area contributed by atoms with Gasteiger partial charge in [0.15, 0.2) is 11.4 Å². The van der Waals surface area contributed by atoms with Gasteiger partial charge < -0.3 is 53.3 Å². The normalized spacial score (nSPS) is 12.2. The number of carboxylic acids is 1. The molecular formula is C85H103BrMgN10O6Si2. The summed E-state index contributed by atoms with van der Waals surface area (Å²) in [5.41, 5.74) is 25.4. The van der Waals surface area contributed by atoms with Crippen LogP contribution in [0, 0.1) is 43.7 Å². The number of halogens is 1. The quantitative estimate of drug-likeness (QED) is 0.0258. The third-order valence-corrected chi connectivity index (χ3v) is 23.9. The Balaban J connectivity index is 0.000000286. The maximum atomic E-state index is 13.2. The van der Waals surface area contributed by atoms with Gasteiger partial charge in [0.05, 0.1) is 41.0 Å². The van der Waals surface area contributed by atoms with Gasteiger partial charge in [-0.2, -0.15) is 45.8 Å². The number of rotatable bonds is 14. The number of aryl methyl sites for hydroxylation is 2. The van der Waals surface area contributed by atoms with E-state index in [0.29, 0.717) is 56.6 Å². The van der Waals surface area contributed by atoms with Gasteiger partial charge in [-0.25, -0.2) is 19.0 Å². The molecule has 11 rings (SSSR count). The molecule has 105 heavy (non-hydrogen) atoms. The maximum absolute atomic E-state index is 13.2. The van der Waals surface area contributed by atoms with E-state index in [-0.39, 0.29) is 67.9 Å². The fourth-order valence-electron chi connectivity index (χ4n) is 11.3. The third-order valence-electron chi connectivity index (χ3n) is 16.6. The molecule has 16 nitrogen and oxygen atoms in total. The topological polar surface area (TPSA) is 243 Å². The molecule has 2 unspecified atom stereocenters. The number of hydrogen-bond acceptors (Lipinski definition) is 11. The summed E-state index contributed by atoms with van der Waals surface area (Å²) in [6, 6.07) is 68.7. The van der Waals surface area contributed by atoms with Gasteiger partial charge >= 0.3 is 29.0 Å². The number of aldehydes is 1. The van der Waals surface area contributed by atoms with Gasteiger partial charge in [0.25, 0.3) is 5.91 Å². The molecule has 2 heterocycles. The van der Waals surface area contributed by atoms with Crippen molar-refractivity contribution in [2.75, 3.05) is 21.8 Å². The van der Waals surface area contributed by atoms with E-state index in [4.69, 9.17) is 28.4 Å². The molecule has 20 heteroatoms. The number of carboxylic acid groups (broad SMARTS) is 1. The van der Waals surface area contributed by atoms with Crippen LogP contribution >= 0.6 is 0 Å². The Morgan fingerprint density at radius 1 is 0.648 bits per heavy atom. The van der Waals surface area contributed by atoms with Gasteiger partial charge in [0, 0.05) is 16.9 Å². The Labute approximate surface area is 651 Å². The molecule has 1 aliphatic rings. The SMILES string of the molecule is CC(C)(C)c1ccc(C(O)c2cccc(N)c2)cc1.CC(C)(C)c1ccc(C=O)cc1.C[Si](C)(C)N(c1c[c-]ccc1)[Si](C)(C)C.Cc1cc(C(=O)O)n(-c2cccc(C#N)c2)n1.NCC1CC1.[Br-].[C-]#[N+]c1cccc(-n2nc(C)cc2C(=O)Nc2cccc(C(O)c3ccc(C(C)(C)C)cc3)c2)c1.[Mg+2]. The summed E-state index contributed by atoms with van der Waals surface area (Å²) in [4.78, 5) is 38.0. The average Bonchev–Trinajstić information content (AvgIpc) is 1.80. The Morgan fingerprint density at radius 3 is 1.52 bits per heavy atom. The molecule has 1 saturated carbocycles. The molecule has 1 aliphatic carbocycles. The molecule has 0 bridgehead atoms. The number of aliphatic hydroxyl groups is 2. The molecule has 0 saturated heterocycles. The number of carbonyl (C=O) groups excluding carboxylic acids is 2. The van der Waals surface area contributed by atoms with Crippen molar-refractivity contribution in [3.63, 3.8) is 0 Å². The molecule has 0 aliphatic heterocycles. The zero-order valence-corrected chi connectivity index (χ0v) is 69.0. The Bertz CT molecular complexity index is 4500. The summed E-state index contributed by atoms with van der Waals surface area (Å²) in [6.07, 6.45) is 2.20. The molecule has 1 amide bonds. The Morgan fingerprint density at radius 2 is 1.10 bits per heavy atom. The van der Waals surface area contributed by atoms with Crippen molar-refractivity contribution in [3.05, 3.63) is 297 Å². The number of nitriles is 1. The van der Waals surface area contributed by atoms with Gasteiger partial charge in [0.2, 0.25) is 0 Å². The second-order valence-electron chi connectivity index (χ2n) is 30.7. The number of nitrogens with two attached hydrogens (primary N) is 2. The maximum Gasteiger partial charge on any atom is 2.00 e. The molecule has 10 aromatic rings. The summed E-state index contributed by atoms with van der Waals surface area (Å²) >= 11 is 0. The summed E-state index contributed by atoms with van der Waals surface area (Å²) in [5.74, 6) is -0.469. The Kier molecular flexibility index (Phi) is 33.1. The van der Waals surface area contributed by atoms with Crippen LogP contribution in [0.3, 0.4) is 0 Å². The standard InChI is InChI=1S/C29H28N4O2.C17H21NO.C12H9N3O2.C12H22NSi2.C11H14O.C4H9N.BrH.Mg/c1-19-16-26(33(32-19)25-11-7-9-23(18-25)30-5)28(35)31-24-10-6-8-21(17-24)27(34)20-12-14-22(15-13-20)29(2,3)4;1-17(2,3)14-9-7-12(8-10-14)16(19)13-5-4-6-15(18)11-13;1-8-5-11(12(16)17)15(14-8)10-4-2-3-9(6-10)7-13;1-14(2,3)13(15(4,5)6)12-10-8-7-9-11-12;1-11(2,3)10-6-4-9(8-12)5-7-10;5-3-4-1-2-4;;/h6-18,27,34H,1-4H3,(H,31,35);4-11,16,19H,18H2,1-3H3;2-6H,1H3,(H,16,17);7-8,10-11H,1-6H3;4-8H,1-3H3;4H,1-3,5H2;1H;/q;;;-1;;;;+2/p-1. The van der Waals surface area contributed by atoms with Gasteiger partial charge in [0.1, 0.15) is 40.7 Å². The number of anilines is 3. The first-order chi connectivity index (χ1) is 48.3. The zero-order chi connectivity index (χ0) is 76.2. The van der Waals surface area contributed by atoms with Crippen LogP contribution in [-0.2, 0) is 16.2 Å². The van der Waals surface area contributed by atoms with Crippen LogP contribution < -0.4 is 38.0 Å².